The van der Waals surface area contributed by atoms with Gasteiger partial charge in [-0.3, -0.25) is 19.4 Å². The van der Waals surface area contributed by atoms with E-state index in [0.717, 1.165) is 12.0 Å². The predicted octanol–water partition coefficient (Wildman–Crippen LogP) is 5.95. The van der Waals surface area contributed by atoms with E-state index in [-0.39, 0.29) is 48.6 Å². The number of carbonyl (C=O) groups excluding carboxylic acids is 4. The first-order valence-corrected chi connectivity index (χ1v) is 25.3. The maximum absolute atomic E-state index is 14.4. The normalized spacial score (nSPS) is 38.6. The van der Waals surface area contributed by atoms with E-state index in [2.05, 4.69) is 15.3 Å². The summed E-state index contributed by atoms with van der Waals surface area (Å²) >= 11 is 0. The number of piperidine rings is 1. The summed E-state index contributed by atoms with van der Waals surface area (Å²) in [5.41, 5.74) is 8.08. The number of hydrogen-bond donors (Lipinski definition) is 5. The van der Waals surface area contributed by atoms with E-state index < -0.39 is 77.9 Å². The Balaban J connectivity index is 1.47. The molecule has 16 heteroatoms. The molecular weight excluding hydrogens is 883 g/mol. The summed E-state index contributed by atoms with van der Waals surface area (Å²) in [6.45, 7) is 11.4. The molecular formula is C53H81N5O11. The summed E-state index contributed by atoms with van der Waals surface area (Å²) in [6.07, 6.45) is 18.3. The average molecular weight is 964 g/mol. The molecule has 384 valence electrons. The lowest BCUT2D eigenvalue weighted by Crippen LogP contribution is -2.61. The number of nitrogens with zero attached hydrogens (tertiary/aromatic N) is 3. The van der Waals surface area contributed by atoms with Gasteiger partial charge in [0.2, 0.25) is 5.79 Å². The van der Waals surface area contributed by atoms with Gasteiger partial charge in [-0.2, -0.15) is 0 Å². The molecule has 1 aromatic rings. The molecule has 5 rings (SSSR count). The maximum Gasteiger partial charge on any atom is 0.329 e. The molecule has 16 nitrogen and oxygen atoms in total. The Bertz CT molecular complexity index is 1980. The molecule has 4 aliphatic rings. The Labute approximate surface area is 409 Å². The number of nitrogens with two attached hydrogens (primary N) is 1. The number of Topliss-reactive ketones (excluding diaryl/α,β-unsaturated/α-hetero) is 2. The number of methoxy groups -OCH3 is 2. The third kappa shape index (κ3) is 15.2. The van der Waals surface area contributed by atoms with E-state index in [1.807, 2.05) is 58.1 Å². The fourth-order valence-corrected chi connectivity index (χ4v) is 10.6. The molecule has 7 unspecified atom stereocenters. The van der Waals surface area contributed by atoms with Crippen LogP contribution in [-0.4, -0.2) is 135 Å². The number of amides is 1. The van der Waals surface area contributed by atoms with Gasteiger partial charge in [-0.25, -0.2) is 9.78 Å². The van der Waals surface area contributed by atoms with Crippen molar-refractivity contribution in [3.05, 3.63) is 66.2 Å². The fraction of sp³-hybridized carbons (Fsp3) is 0.698. The fourth-order valence-electron chi connectivity index (χ4n) is 10.6. The predicted molar refractivity (Wildman–Crippen MR) is 262 cm³/mol. The van der Waals surface area contributed by atoms with Crippen LogP contribution in [0.15, 0.2) is 66.2 Å². The van der Waals surface area contributed by atoms with Crippen LogP contribution in [0.2, 0.25) is 0 Å². The third-order valence-electron chi connectivity index (χ3n) is 15.0. The number of ketones is 2. The van der Waals surface area contributed by atoms with E-state index in [4.69, 9.17) is 24.7 Å². The second-order valence-corrected chi connectivity index (χ2v) is 20.4. The molecule has 4 heterocycles. The number of fused-ring (bicyclic) bond motifs is 3. The van der Waals surface area contributed by atoms with Gasteiger partial charge < -0.3 is 50.2 Å². The Morgan fingerprint density at radius 3 is 2.39 bits per heavy atom. The third-order valence-corrected chi connectivity index (χ3v) is 15.0. The van der Waals surface area contributed by atoms with Crippen molar-refractivity contribution in [3.8, 4) is 0 Å². The molecule has 1 aromatic heterocycles. The molecule has 3 aliphatic heterocycles. The number of aromatic nitrogens is 2. The van der Waals surface area contributed by atoms with Crippen molar-refractivity contribution in [1.29, 1.82) is 0 Å². The number of nitrogens with one attached hydrogen (secondary N) is 1. The van der Waals surface area contributed by atoms with Crippen molar-refractivity contribution in [2.75, 3.05) is 26.1 Å². The lowest BCUT2D eigenvalue weighted by Gasteiger charge is -2.43. The Morgan fingerprint density at radius 1 is 0.913 bits per heavy atom. The van der Waals surface area contributed by atoms with Gasteiger partial charge in [0.15, 0.2) is 5.78 Å². The number of rotatable bonds is 7. The lowest BCUT2D eigenvalue weighted by atomic mass is 9.78. The molecule has 2 saturated heterocycles. The second kappa shape index (κ2) is 26.3. The van der Waals surface area contributed by atoms with Crippen molar-refractivity contribution in [2.24, 2.45) is 35.3 Å². The largest absolute Gasteiger partial charge is 0.461 e. The number of cyclic esters (lactones) is 1. The number of hydrogen-bond acceptors (Lipinski definition) is 15. The van der Waals surface area contributed by atoms with Crippen LogP contribution in [0.1, 0.15) is 125 Å². The molecule has 6 N–H and O–H groups in total. The second-order valence-electron chi connectivity index (χ2n) is 20.4. The number of anilines is 1. The summed E-state index contributed by atoms with van der Waals surface area (Å²) in [7, 11) is 3.00. The molecule has 0 spiro atoms. The van der Waals surface area contributed by atoms with Gasteiger partial charge in [-0.15, -0.1) is 0 Å². The van der Waals surface area contributed by atoms with Gasteiger partial charge in [0.25, 0.3) is 11.7 Å². The highest BCUT2D eigenvalue weighted by Gasteiger charge is 2.53. The number of aliphatic hydroxyl groups excluding tert-OH is 2. The van der Waals surface area contributed by atoms with Crippen LogP contribution in [-0.2, 0) is 38.1 Å². The zero-order valence-electron chi connectivity index (χ0n) is 42.2. The van der Waals surface area contributed by atoms with Crippen LogP contribution in [0.4, 0.5) is 5.82 Å². The Kier molecular flexibility index (Phi) is 21.3. The summed E-state index contributed by atoms with van der Waals surface area (Å²) in [4.78, 5) is 66.9. The van der Waals surface area contributed by atoms with Gasteiger partial charge in [0.1, 0.15) is 30.2 Å². The highest BCUT2D eigenvalue weighted by molar-refractivity contribution is 6.39. The van der Waals surface area contributed by atoms with Gasteiger partial charge in [0.05, 0.1) is 30.6 Å². The Morgan fingerprint density at radius 2 is 1.68 bits per heavy atom. The van der Waals surface area contributed by atoms with Gasteiger partial charge >= 0.3 is 5.97 Å². The first-order chi connectivity index (χ1) is 32.9. The molecule has 1 amide bonds. The molecule has 0 radical (unpaired) electrons. The number of esters is 1. The van der Waals surface area contributed by atoms with Gasteiger partial charge in [0, 0.05) is 51.0 Å². The summed E-state index contributed by atoms with van der Waals surface area (Å²) in [5, 5.41) is 37.5. The Hall–Kier alpha value is -4.16. The smallest absolute Gasteiger partial charge is 0.329 e. The monoisotopic (exact) mass is 964 g/mol. The van der Waals surface area contributed by atoms with Crippen LogP contribution >= 0.6 is 0 Å². The molecule has 1 saturated carbocycles. The topological polar surface area (TPSA) is 233 Å². The first kappa shape index (κ1) is 55.8. The SMILES string of the molecule is COC1CC(C[C@@H](C)[C@@H]2CC[C@H](N)/C=C(\C)C(O)[C@@H](OC)C(=O)C(C)C[C@H](C)/C=C/C=C/C=C(\C)[C@H](Nc3cnccn3)C[C@@H]3CCC(C)C(O)(O3)C(=O)C(=O)N3CCCCC3C(=O)O2)CC[C@H]1O. The molecule has 2 bridgehead atoms. The average Bonchev–Trinajstić information content (AvgIpc) is 3.33. The molecule has 3 fully saturated rings. The highest BCUT2D eigenvalue weighted by Crippen LogP contribution is 2.38. The van der Waals surface area contributed by atoms with Crippen LogP contribution in [0, 0.1) is 29.6 Å². The maximum atomic E-state index is 14.4. The van der Waals surface area contributed by atoms with Crippen LogP contribution in [0.25, 0.3) is 0 Å². The van der Waals surface area contributed by atoms with E-state index in [9.17, 15) is 34.5 Å². The summed E-state index contributed by atoms with van der Waals surface area (Å²) in [5.74, 6) is -5.96. The van der Waals surface area contributed by atoms with Crippen LogP contribution < -0.4 is 11.1 Å². The zero-order valence-corrected chi connectivity index (χ0v) is 42.2. The summed E-state index contributed by atoms with van der Waals surface area (Å²) in [6, 6.07) is -2.03. The van der Waals surface area contributed by atoms with Crippen molar-refractivity contribution >= 4 is 29.3 Å². The van der Waals surface area contributed by atoms with E-state index >= 15 is 0 Å². The quantitative estimate of drug-likeness (QED) is 0.121. The minimum Gasteiger partial charge on any atom is -0.461 e. The number of ether oxygens (including phenoxy) is 4. The van der Waals surface area contributed by atoms with Crippen molar-refractivity contribution in [2.45, 2.75) is 186 Å². The number of allylic oxidation sites excluding steroid dienone is 5. The number of carbonyl (C=O) groups is 4. The minimum atomic E-state index is -2.44. The zero-order chi connectivity index (χ0) is 50.4. The van der Waals surface area contributed by atoms with E-state index in [1.54, 1.807) is 45.6 Å². The van der Waals surface area contributed by atoms with Crippen molar-refractivity contribution in [1.82, 2.24) is 14.9 Å². The molecule has 69 heavy (non-hydrogen) atoms. The van der Waals surface area contributed by atoms with E-state index in [0.29, 0.717) is 82.0 Å². The van der Waals surface area contributed by atoms with Crippen molar-refractivity contribution in [3.63, 3.8) is 0 Å². The van der Waals surface area contributed by atoms with Crippen LogP contribution in [0.3, 0.4) is 0 Å². The standard InChI is InChI=1S/C53H81N5O11/c1-32-14-10-9-11-15-33(2)41(57-46-31-55-23-24-56-46)30-40-20-17-37(6)53(65,69-40)50(62)51(63)58-25-13-12-16-42(58)52(64)68-44(34(3)27-38-18-21-43(59)45(29-38)66-7)22-19-39(54)28-36(5)48(61)49(67-8)47(60)35(4)26-32/h9-11,14-15,23-24,28,31-32,34-35,37-45,48-49,59,61,65H,12-13,16-22,25-27,29-30,54H2,1-8H3,(H,56,57)/b11-9+,14-10+,33-15+,36-28+/t32-,34-,35?,37?,38?,39+,40+,41-,42?,43-,44+,45?,48?,49+,53?/m1/s1. The minimum absolute atomic E-state index is 0.0241. The van der Waals surface area contributed by atoms with Crippen molar-refractivity contribution < 1.29 is 53.4 Å². The molecule has 15 atom stereocenters. The van der Waals surface area contributed by atoms with Crippen LogP contribution in [0.5, 0.6) is 0 Å². The molecule has 0 aromatic carbocycles. The van der Waals surface area contributed by atoms with Gasteiger partial charge in [-0.05, 0) is 121 Å². The summed E-state index contributed by atoms with van der Waals surface area (Å²) < 4.78 is 23.9. The highest BCUT2D eigenvalue weighted by atomic mass is 16.6. The van der Waals surface area contributed by atoms with E-state index in [1.165, 1.54) is 12.0 Å². The lowest BCUT2D eigenvalue weighted by molar-refractivity contribution is -0.263. The molecule has 1 aliphatic carbocycles. The first-order valence-electron chi connectivity index (χ1n) is 25.3. The van der Waals surface area contributed by atoms with Gasteiger partial charge in [-0.1, -0.05) is 69.7 Å². The number of aliphatic hydroxyl groups is 3.